The summed E-state index contributed by atoms with van der Waals surface area (Å²) in [7, 11) is 0. The van der Waals surface area contributed by atoms with Gasteiger partial charge in [-0.05, 0) is 12.1 Å². The standard InChI is InChI=1S/C17H4N4O2/c18-5-10-11(6-19)13(8-21)17-15(12(10)7-20)16(22)9-3-1-2-4-14(9)23-17/h1-4H. The van der Waals surface area contributed by atoms with Gasteiger partial charge in [-0.15, -0.1) is 0 Å². The van der Waals surface area contributed by atoms with Gasteiger partial charge < -0.3 is 4.42 Å². The molecule has 2 aromatic carbocycles. The number of hydrogen-bond donors (Lipinski definition) is 0. The first kappa shape index (κ1) is 13.8. The van der Waals surface area contributed by atoms with Crippen molar-refractivity contribution in [3.63, 3.8) is 0 Å². The molecule has 1 heterocycles. The van der Waals surface area contributed by atoms with Crippen molar-refractivity contribution in [2.24, 2.45) is 0 Å². The minimum atomic E-state index is -0.518. The molecule has 0 radical (unpaired) electrons. The van der Waals surface area contributed by atoms with E-state index >= 15 is 0 Å². The third kappa shape index (κ3) is 1.74. The van der Waals surface area contributed by atoms with Crippen LogP contribution in [0.2, 0.25) is 0 Å². The molecule has 0 amide bonds. The van der Waals surface area contributed by atoms with E-state index in [1.807, 2.05) is 0 Å². The molecule has 0 aliphatic heterocycles. The number of para-hydroxylation sites is 1. The Labute approximate surface area is 129 Å². The van der Waals surface area contributed by atoms with Gasteiger partial charge in [-0.25, -0.2) is 0 Å². The molecule has 1 aromatic heterocycles. The minimum absolute atomic E-state index is 0.150. The minimum Gasteiger partial charge on any atom is -0.454 e. The van der Waals surface area contributed by atoms with Crippen LogP contribution >= 0.6 is 0 Å². The number of benzene rings is 2. The molecule has 3 aromatic rings. The Morgan fingerprint density at radius 3 is 1.96 bits per heavy atom. The fraction of sp³-hybridized carbons (Fsp3) is 0. The monoisotopic (exact) mass is 296 g/mol. The Morgan fingerprint density at radius 2 is 1.35 bits per heavy atom. The molecule has 0 fully saturated rings. The SMILES string of the molecule is N#Cc1c(C#N)c(C#N)c2c(=O)c3ccccc3oc2c1C#N. The fourth-order valence-electron chi connectivity index (χ4n) is 2.48. The molecular weight excluding hydrogens is 292 g/mol. The van der Waals surface area contributed by atoms with E-state index in [-0.39, 0.29) is 44.2 Å². The highest BCUT2D eigenvalue weighted by molar-refractivity contribution is 5.98. The summed E-state index contributed by atoms with van der Waals surface area (Å²) in [5.41, 5.74) is -1.46. The van der Waals surface area contributed by atoms with E-state index in [2.05, 4.69) is 0 Å². The van der Waals surface area contributed by atoms with Crippen LogP contribution in [0.1, 0.15) is 22.3 Å². The van der Waals surface area contributed by atoms with Crippen LogP contribution < -0.4 is 5.43 Å². The third-order valence-corrected chi connectivity index (χ3v) is 3.47. The van der Waals surface area contributed by atoms with E-state index in [1.54, 1.807) is 42.5 Å². The molecule has 0 spiro atoms. The number of fused-ring (bicyclic) bond motifs is 2. The first-order chi connectivity index (χ1) is 11.2. The second-order valence-electron chi connectivity index (χ2n) is 4.58. The Balaban J connectivity index is 2.81. The Hall–Kier alpha value is -4.13. The topological polar surface area (TPSA) is 125 Å². The van der Waals surface area contributed by atoms with E-state index in [0.717, 1.165) is 0 Å². The van der Waals surface area contributed by atoms with Crippen molar-refractivity contribution in [2.75, 3.05) is 0 Å². The Kier molecular flexibility index (Phi) is 3.01. The van der Waals surface area contributed by atoms with Gasteiger partial charge in [0.2, 0.25) is 5.43 Å². The largest absolute Gasteiger partial charge is 0.454 e. The zero-order valence-corrected chi connectivity index (χ0v) is 11.4. The average molecular weight is 296 g/mol. The van der Waals surface area contributed by atoms with Crippen LogP contribution in [0.25, 0.3) is 21.9 Å². The van der Waals surface area contributed by atoms with E-state index in [1.165, 1.54) is 6.07 Å². The van der Waals surface area contributed by atoms with Crippen molar-refractivity contribution in [1.82, 2.24) is 0 Å². The van der Waals surface area contributed by atoms with Crippen molar-refractivity contribution in [3.8, 4) is 24.3 Å². The maximum Gasteiger partial charge on any atom is 0.201 e. The Morgan fingerprint density at radius 1 is 0.783 bits per heavy atom. The van der Waals surface area contributed by atoms with Crippen LogP contribution in [0.15, 0.2) is 33.5 Å². The van der Waals surface area contributed by atoms with Crippen molar-refractivity contribution >= 4 is 21.9 Å². The second kappa shape index (κ2) is 5.01. The lowest BCUT2D eigenvalue weighted by Crippen LogP contribution is -2.08. The van der Waals surface area contributed by atoms with Gasteiger partial charge in [0.15, 0.2) is 5.58 Å². The van der Waals surface area contributed by atoms with Crippen LogP contribution in [0.3, 0.4) is 0 Å². The first-order valence-corrected chi connectivity index (χ1v) is 6.33. The molecule has 0 unspecified atom stereocenters. The summed E-state index contributed by atoms with van der Waals surface area (Å²) in [4.78, 5) is 12.7. The second-order valence-corrected chi connectivity index (χ2v) is 4.58. The van der Waals surface area contributed by atoms with Crippen LogP contribution in [0.5, 0.6) is 0 Å². The molecule has 6 heteroatoms. The third-order valence-electron chi connectivity index (χ3n) is 3.47. The van der Waals surface area contributed by atoms with Gasteiger partial charge >= 0.3 is 0 Å². The molecule has 3 rings (SSSR count). The van der Waals surface area contributed by atoms with E-state index in [9.17, 15) is 25.8 Å². The highest BCUT2D eigenvalue weighted by atomic mass is 16.3. The summed E-state index contributed by atoms with van der Waals surface area (Å²) in [6.45, 7) is 0. The van der Waals surface area contributed by atoms with Crippen LogP contribution in [-0.2, 0) is 0 Å². The summed E-state index contributed by atoms with van der Waals surface area (Å²) in [6, 6.07) is 13.4. The molecule has 0 atom stereocenters. The van der Waals surface area contributed by atoms with E-state index < -0.39 is 5.43 Å². The predicted molar refractivity (Wildman–Crippen MR) is 78.9 cm³/mol. The summed E-state index contributed by atoms with van der Waals surface area (Å²) in [6.07, 6.45) is 0. The van der Waals surface area contributed by atoms with Gasteiger partial charge in [-0.2, -0.15) is 21.0 Å². The zero-order chi connectivity index (χ0) is 16.6. The van der Waals surface area contributed by atoms with Crippen molar-refractivity contribution in [1.29, 1.82) is 21.0 Å². The normalized spacial score (nSPS) is 9.74. The van der Waals surface area contributed by atoms with E-state index in [4.69, 9.17) is 4.42 Å². The van der Waals surface area contributed by atoms with Crippen LogP contribution in [0, 0.1) is 45.3 Å². The summed E-state index contributed by atoms with van der Waals surface area (Å²) in [5, 5.41) is 37.3. The molecular formula is C17H4N4O2. The molecule has 6 nitrogen and oxygen atoms in total. The van der Waals surface area contributed by atoms with Gasteiger partial charge in [-0.3, -0.25) is 4.79 Å². The summed E-state index contributed by atoms with van der Waals surface area (Å²) < 4.78 is 5.60. The maximum atomic E-state index is 12.7. The van der Waals surface area contributed by atoms with Gasteiger partial charge in [0.1, 0.15) is 35.4 Å². The number of rotatable bonds is 0. The molecule has 23 heavy (non-hydrogen) atoms. The molecule has 0 saturated carbocycles. The quantitative estimate of drug-likeness (QED) is 0.586. The number of hydrogen-bond acceptors (Lipinski definition) is 6. The van der Waals surface area contributed by atoms with E-state index in [0.29, 0.717) is 0 Å². The molecule has 104 valence electrons. The summed E-state index contributed by atoms with van der Waals surface area (Å²) >= 11 is 0. The molecule has 0 N–H and O–H groups in total. The lowest BCUT2D eigenvalue weighted by atomic mass is 9.93. The molecule has 0 saturated heterocycles. The fourth-order valence-corrected chi connectivity index (χ4v) is 2.48. The molecule has 0 bridgehead atoms. The van der Waals surface area contributed by atoms with Gasteiger partial charge in [0, 0.05) is 0 Å². The molecule has 0 aliphatic rings. The number of nitrogens with zero attached hydrogens (tertiary/aromatic N) is 4. The lowest BCUT2D eigenvalue weighted by molar-refractivity contribution is 0.658. The predicted octanol–water partition coefficient (Wildman–Crippen LogP) is 2.43. The van der Waals surface area contributed by atoms with Crippen molar-refractivity contribution in [2.45, 2.75) is 0 Å². The average Bonchev–Trinajstić information content (AvgIpc) is 2.59. The van der Waals surface area contributed by atoms with Crippen molar-refractivity contribution < 1.29 is 4.42 Å². The zero-order valence-electron chi connectivity index (χ0n) is 11.4. The van der Waals surface area contributed by atoms with Gasteiger partial charge in [0.05, 0.1) is 27.5 Å². The summed E-state index contributed by atoms with van der Waals surface area (Å²) in [5.74, 6) is 0. The number of nitriles is 4. The highest BCUT2D eigenvalue weighted by Gasteiger charge is 2.24. The molecule has 0 aliphatic carbocycles. The van der Waals surface area contributed by atoms with Crippen molar-refractivity contribution in [3.05, 3.63) is 56.7 Å². The smallest absolute Gasteiger partial charge is 0.201 e. The Bertz CT molecular complexity index is 1230. The van der Waals surface area contributed by atoms with Gasteiger partial charge in [-0.1, -0.05) is 12.1 Å². The first-order valence-electron chi connectivity index (χ1n) is 6.33. The lowest BCUT2D eigenvalue weighted by Gasteiger charge is -2.07. The van der Waals surface area contributed by atoms with Crippen LogP contribution in [0.4, 0.5) is 0 Å². The van der Waals surface area contributed by atoms with Gasteiger partial charge in [0.25, 0.3) is 0 Å². The van der Waals surface area contributed by atoms with Crippen LogP contribution in [-0.4, -0.2) is 0 Å². The maximum absolute atomic E-state index is 12.7. The highest BCUT2D eigenvalue weighted by Crippen LogP contribution is 2.29.